The maximum absolute atomic E-state index is 13.4. The van der Waals surface area contributed by atoms with Gasteiger partial charge in [0.05, 0.1) is 23.1 Å². The van der Waals surface area contributed by atoms with E-state index in [1.54, 1.807) is 30.3 Å². The summed E-state index contributed by atoms with van der Waals surface area (Å²) in [5.74, 6) is 0. The molecule has 5 rings (SSSR count). The van der Waals surface area contributed by atoms with Crippen LogP contribution in [0.25, 0.3) is 16.6 Å². The molecule has 0 fully saturated rings. The van der Waals surface area contributed by atoms with Crippen molar-refractivity contribution in [2.24, 2.45) is 0 Å². The van der Waals surface area contributed by atoms with Crippen LogP contribution in [0.2, 0.25) is 0 Å². The zero-order valence-electron chi connectivity index (χ0n) is 18.1. The molecule has 0 radical (unpaired) electrons. The Morgan fingerprint density at radius 2 is 1.58 bits per heavy atom. The predicted octanol–water partition coefficient (Wildman–Crippen LogP) is 2.77. The van der Waals surface area contributed by atoms with Crippen LogP contribution in [0, 0.1) is 6.92 Å². The van der Waals surface area contributed by atoms with Crippen LogP contribution in [-0.2, 0) is 19.5 Å². The number of para-hydroxylation sites is 1. The Kier molecular flexibility index (Phi) is 5.22. The number of hydrogen-bond acceptors (Lipinski definition) is 4. The van der Waals surface area contributed by atoms with Crippen molar-refractivity contribution in [3.8, 4) is 0 Å². The monoisotopic (exact) mass is 438 g/mol. The molecule has 0 N–H and O–H groups in total. The number of aromatic nitrogens is 4. The molecule has 0 spiro atoms. The van der Waals surface area contributed by atoms with Gasteiger partial charge in [-0.1, -0.05) is 48.5 Å². The van der Waals surface area contributed by atoms with Crippen LogP contribution < -0.4 is 16.8 Å². The molecular formula is C26H22N4O3. The summed E-state index contributed by atoms with van der Waals surface area (Å²) in [4.78, 5) is 43.9. The van der Waals surface area contributed by atoms with Crippen LogP contribution in [0.1, 0.15) is 17.0 Å². The van der Waals surface area contributed by atoms with Crippen molar-refractivity contribution in [1.29, 1.82) is 0 Å². The van der Waals surface area contributed by atoms with E-state index < -0.39 is 5.69 Å². The normalized spacial score (nSPS) is 11.3. The zero-order valence-corrected chi connectivity index (χ0v) is 18.1. The van der Waals surface area contributed by atoms with Gasteiger partial charge in [0.25, 0.3) is 11.1 Å². The first-order valence-corrected chi connectivity index (χ1v) is 10.8. The van der Waals surface area contributed by atoms with Crippen molar-refractivity contribution in [3.63, 3.8) is 0 Å². The summed E-state index contributed by atoms with van der Waals surface area (Å²) in [6.45, 7) is 2.19. The molecule has 0 aliphatic heterocycles. The second kappa shape index (κ2) is 8.35. The molecule has 0 unspecified atom stereocenters. The zero-order chi connectivity index (χ0) is 22.9. The van der Waals surface area contributed by atoms with Gasteiger partial charge in [-0.05, 0) is 43.2 Å². The topological polar surface area (TPSA) is 78.4 Å². The molecule has 0 aliphatic rings. The molecule has 33 heavy (non-hydrogen) atoms. The van der Waals surface area contributed by atoms with E-state index in [2.05, 4.69) is 4.98 Å². The van der Waals surface area contributed by atoms with Gasteiger partial charge < -0.3 is 0 Å². The highest BCUT2D eigenvalue weighted by Gasteiger charge is 2.14. The molecular weight excluding hydrogens is 416 g/mol. The summed E-state index contributed by atoms with van der Waals surface area (Å²) in [6.07, 6.45) is 0.559. The van der Waals surface area contributed by atoms with Crippen LogP contribution in [-0.4, -0.2) is 18.5 Å². The lowest BCUT2D eigenvalue weighted by Crippen LogP contribution is -2.41. The standard InChI is InChI=1S/C26H22N4O3/c1-18-8-7-13-23-27-20(16-24(31)30(18)23)17-29-22-12-6-5-11-21(22)25(32)28(26(29)33)15-14-19-9-3-2-4-10-19/h2-13,16H,14-15,17H2,1H3. The summed E-state index contributed by atoms with van der Waals surface area (Å²) in [7, 11) is 0. The van der Waals surface area contributed by atoms with E-state index in [0.29, 0.717) is 28.7 Å². The maximum Gasteiger partial charge on any atom is 0.331 e. The Morgan fingerprint density at radius 1 is 0.818 bits per heavy atom. The van der Waals surface area contributed by atoms with Crippen LogP contribution in [0.4, 0.5) is 0 Å². The van der Waals surface area contributed by atoms with Crippen LogP contribution in [0.3, 0.4) is 0 Å². The van der Waals surface area contributed by atoms with Gasteiger partial charge in [0, 0.05) is 18.3 Å². The summed E-state index contributed by atoms with van der Waals surface area (Å²) in [5, 5.41) is 0.457. The molecule has 0 bridgehead atoms. The van der Waals surface area contributed by atoms with Crippen LogP contribution in [0.15, 0.2) is 93.2 Å². The fraction of sp³-hybridized carbons (Fsp3) is 0.154. The predicted molar refractivity (Wildman–Crippen MR) is 128 cm³/mol. The molecule has 5 aromatic rings. The van der Waals surface area contributed by atoms with Gasteiger partial charge in [0.2, 0.25) is 0 Å². The average Bonchev–Trinajstić information content (AvgIpc) is 2.82. The highest BCUT2D eigenvalue weighted by Crippen LogP contribution is 2.11. The Balaban J connectivity index is 1.63. The molecule has 0 amide bonds. The molecule has 3 aromatic heterocycles. The van der Waals surface area contributed by atoms with E-state index in [1.165, 1.54) is 19.6 Å². The minimum Gasteiger partial charge on any atom is -0.287 e. The lowest BCUT2D eigenvalue weighted by atomic mass is 10.1. The van der Waals surface area contributed by atoms with Gasteiger partial charge in [-0.25, -0.2) is 9.78 Å². The lowest BCUT2D eigenvalue weighted by molar-refractivity contribution is 0.586. The van der Waals surface area contributed by atoms with Gasteiger partial charge in [-0.15, -0.1) is 0 Å². The molecule has 3 heterocycles. The summed E-state index contributed by atoms with van der Waals surface area (Å²) < 4.78 is 4.33. The number of aryl methyl sites for hydroxylation is 2. The van der Waals surface area contributed by atoms with E-state index >= 15 is 0 Å². The van der Waals surface area contributed by atoms with Crippen molar-refractivity contribution in [3.05, 3.63) is 127 Å². The lowest BCUT2D eigenvalue weighted by Gasteiger charge is -2.14. The highest BCUT2D eigenvalue weighted by atomic mass is 16.2. The smallest absolute Gasteiger partial charge is 0.287 e. The van der Waals surface area contributed by atoms with E-state index in [4.69, 9.17) is 0 Å². The Bertz CT molecular complexity index is 1660. The molecule has 0 saturated heterocycles. The first-order valence-electron chi connectivity index (χ1n) is 10.8. The average molecular weight is 438 g/mol. The molecule has 7 nitrogen and oxygen atoms in total. The second-order valence-electron chi connectivity index (χ2n) is 8.02. The molecule has 0 aliphatic carbocycles. The van der Waals surface area contributed by atoms with E-state index in [1.807, 2.05) is 49.4 Å². The SMILES string of the molecule is Cc1cccc2nc(Cn3c(=O)n(CCc4ccccc4)c(=O)c4ccccc43)cc(=O)n12. The van der Waals surface area contributed by atoms with E-state index in [-0.39, 0.29) is 24.2 Å². The van der Waals surface area contributed by atoms with Crippen LogP contribution in [0.5, 0.6) is 0 Å². The van der Waals surface area contributed by atoms with E-state index in [9.17, 15) is 14.4 Å². The number of fused-ring (bicyclic) bond motifs is 2. The minimum absolute atomic E-state index is 0.0879. The first-order chi connectivity index (χ1) is 16.0. The number of pyridine rings is 1. The number of benzene rings is 2. The maximum atomic E-state index is 13.4. The van der Waals surface area contributed by atoms with Gasteiger partial charge in [-0.2, -0.15) is 0 Å². The first kappa shape index (κ1) is 20.6. The number of rotatable bonds is 5. The summed E-state index contributed by atoms with van der Waals surface area (Å²) in [5.41, 5.74) is 2.40. The highest BCUT2D eigenvalue weighted by molar-refractivity contribution is 5.77. The van der Waals surface area contributed by atoms with Crippen molar-refractivity contribution in [1.82, 2.24) is 18.5 Å². The van der Waals surface area contributed by atoms with Gasteiger partial charge >= 0.3 is 5.69 Å². The number of nitrogens with zero attached hydrogens (tertiary/aromatic N) is 4. The molecule has 7 heteroatoms. The second-order valence-corrected chi connectivity index (χ2v) is 8.02. The van der Waals surface area contributed by atoms with Crippen molar-refractivity contribution < 1.29 is 0 Å². The molecule has 0 saturated carbocycles. The van der Waals surface area contributed by atoms with Gasteiger partial charge in [0.1, 0.15) is 5.65 Å². The van der Waals surface area contributed by atoms with Crippen LogP contribution >= 0.6 is 0 Å². The van der Waals surface area contributed by atoms with Crippen molar-refractivity contribution >= 4 is 16.6 Å². The molecule has 0 atom stereocenters. The van der Waals surface area contributed by atoms with Crippen molar-refractivity contribution in [2.45, 2.75) is 26.4 Å². The van der Waals surface area contributed by atoms with Crippen molar-refractivity contribution in [2.75, 3.05) is 0 Å². The third-order valence-corrected chi connectivity index (χ3v) is 5.85. The Labute approximate surface area is 188 Å². The van der Waals surface area contributed by atoms with Gasteiger partial charge in [-0.3, -0.25) is 23.1 Å². The quantitative estimate of drug-likeness (QED) is 0.423. The molecule has 164 valence electrons. The fourth-order valence-electron chi connectivity index (χ4n) is 4.21. The largest absolute Gasteiger partial charge is 0.331 e. The minimum atomic E-state index is -0.416. The van der Waals surface area contributed by atoms with E-state index in [0.717, 1.165) is 11.3 Å². The fourth-order valence-corrected chi connectivity index (χ4v) is 4.21. The van der Waals surface area contributed by atoms with Gasteiger partial charge in [0.15, 0.2) is 0 Å². The molecule has 2 aromatic carbocycles. The third-order valence-electron chi connectivity index (χ3n) is 5.85. The Morgan fingerprint density at radius 3 is 2.39 bits per heavy atom. The Hall–Kier alpha value is -4.26. The summed E-state index contributed by atoms with van der Waals surface area (Å²) in [6, 6.07) is 23.7. The third kappa shape index (κ3) is 3.78. The number of hydrogen-bond donors (Lipinski definition) is 0. The summed E-state index contributed by atoms with van der Waals surface area (Å²) >= 11 is 0.